The zero-order valence-corrected chi connectivity index (χ0v) is 35.6. The molecule has 0 spiro atoms. The fraction of sp³-hybridized carbons (Fsp3) is 0. The smallest absolute Gasteiger partial charge is 0.235 e. The average Bonchev–Trinajstić information content (AvgIpc) is 4.02. The number of para-hydroxylation sites is 6. The van der Waals surface area contributed by atoms with Crippen LogP contribution in [0, 0.1) is 0 Å². The molecule has 65 heavy (non-hydrogen) atoms. The minimum Gasteiger partial charge on any atom is -0.309 e. The van der Waals surface area contributed by atoms with E-state index in [4.69, 9.17) is 19.9 Å². The molecule has 8 aromatic carbocycles. The van der Waals surface area contributed by atoms with E-state index in [0.29, 0.717) is 11.8 Å². The second kappa shape index (κ2) is 15.0. The van der Waals surface area contributed by atoms with Crippen LogP contribution < -0.4 is 9.80 Å². The molecule has 5 heterocycles. The van der Waals surface area contributed by atoms with Crippen molar-refractivity contribution >= 4 is 110 Å². The largest absolute Gasteiger partial charge is 0.309 e. The van der Waals surface area contributed by atoms with Crippen LogP contribution in [0.1, 0.15) is 0 Å². The van der Waals surface area contributed by atoms with Crippen molar-refractivity contribution < 1.29 is 0 Å². The highest BCUT2D eigenvalue weighted by Crippen LogP contribution is 2.43. The van der Waals surface area contributed by atoms with Crippen LogP contribution in [0.15, 0.2) is 219 Å². The first kappa shape index (κ1) is 36.9. The van der Waals surface area contributed by atoms with Gasteiger partial charge in [0.05, 0.1) is 33.6 Å². The molecule has 9 heteroatoms. The van der Waals surface area contributed by atoms with Crippen LogP contribution in [-0.2, 0) is 0 Å². The van der Waals surface area contributed by atoms with E-state index in [2.05, 4.69) is 201 Å². The summed E-state index contributed by atoms with van der Waals surface area (Å²) >= 11 is 1.53. The third-order valence-corrected chi connectivity index (χ3v) is 13.2. The lowest BCUT2D eigenvalue weighted by Gasteiger charge is -2.24. The van der Waals surface area contributed by atoms with Crippen molar-refractivity contribution in [2.24, 2.45) is 0 Å². The number of hydrogen-bond acceptors (Lipinski definition) is 7. The van der Waals surface area contributed by atoms with Gasteiger partial charge in [0, 0.05) is 61.9 Å². The summed E-state index contributed by atoms with van der Waals surface area (Å²) in [6, 6.07) is 72.3. The molecule has 5 aromatic heterocycles. The number of thiophene rings is 1. The Balaban J connectivity index is 0.936. The number of anilines is 6. The van der Waals surface area contributed by atoms with Gasteiger partial charge in [-0.15, -0.1) is 0 Å². The van der Waals surface area contributed by atoms with Gasteiger partial charge >= 0.3 is 0 Å². The summed E-state index contributed by atoms with van der Waals surface area (Å²) in [5.41, 5.74) is 11.5. The Bertz CT molecular complexity index is 3650. The summed E-state index contributed by atoms with van der Waals surface area (Å²) in [7, 11) is 0. The SMILES string of the molecule is c1ccc(N(c2ccc3c(c2)c2ccccc2n3-c2ccccc2)c2cnc3c(n2)sc2nc(N(c4ccccc4)c4ccc5c(c4)c4ccccc4n5-c4ccccc4)ncc23)cc1. The van der Waals surface area contributed by atoms with Crippen molar-refractivity contribution in [3.05, 3.63) is 219 Å². The van der Waals surface area contributed by atoms with Gasteiger partial charge in [-0.05, 0) is 97.1 Å². The molecule has 306 valence electrons. The summed E-state index contributed by atoms with van der Waals surface area (Å²) < 4.78 is 4.67. The molecular formula is C56H36N8S. The van der Waals surface area contributed by atoms with Crippen LogP contribution in [0.5, 0.6) is 0 Å². The minimum absolute atomic E-state index is 0.565. The predicted octanol–water partition coefficient (Wildman–Crippen LogP) is 14.8. The first-order chi connectivity index (χ1) is 32.2. The summed E-state index contributed by atoms with van der Waals surface area (Å²) in [5.74, 6) is 1.28. The van der Waals surface area contributed by atoms with E-state index in [1.54, 1.807) is 0 Å². The molecule has 0 atom stereocenters. The van der Waals surface area contributed by atoms with Crippen LogP contribution in [0.2, 0.25) is 0 Å². The zero-order valence-electron chi connectivity index (χ0n) is 34.8. The van der Waals surface area contributed by atoms with Crippen molar-refractivity contribution in [2.45, 2.75) is 0 Å². The number of rotatable bonds is 8. The normalized spacial score (nSPS) is 11.7. The molecule has 0 aliphatic rings. The summed E-state index contributed by atoms with van der Waals surface area (Å²) in [6.07, 6.45) is 3.76. The average molecular weight is 853 g/mol. The standard InChI is InChI=1S/C56H36N8S/c1-5-17-37(18-6-1)61(41-29-31-50-45(33-41)43-25-13-15-27-48(43)63(50)39-21-9-3-10-22-39)52-36-57-53-47-35-58-56(60-54(47)65-55(53)59-52)62(38-19-7-2-8-20-38)42-30-32-51-46(34-42)44-26-14-16-28-49(44)64(51)40-23-11-4-12-24-40/h1-36H. The molecule has 0 amide bonds. The van der Waals surface area contributed by atoms with Gasteiger partial charge in [-0.3, -0.25) is 9.80 Å². The van der Waals surface area contributed by atoms with Gasteiger partial charge in [0.15, 0.2) is 5.82 Å². The van der Waals surface area contributed by atoms with E-state index in [9.17, 15) is 0 Å². The monoisotopic (exact) mass is 852 g/mol. The first-order valence-corrected chi connectivity index (χ1v) is 22.4. The molecule has 0 radical (unpaired) electrons. The van der Waals surface area contributed by atoms with E-state index < -0.39 is 0 Å². The number of fused-ring (bicyclic) bond motifs is 9. The lowest BCUT2D eigenvalue weighted by atomic mass is 10.1. The third-order valence-electron chi connectivity index (χ3n) is 12.2. The maximum atomic E-state index is 5.34. The number of nitrogens with zero attached hydrogens (tertiary/aromatic N) is 8. The molecule has 8 nitrogen and oxygen atoms in total. The zero-order chi connectivity index (χ0) is 42.8. The number of hydrogen-bond donors (Lipinski definition) is 0. The Labute approximate surface area is 377 Å². The van der Waals surface area contributed by atoms with E-state index in [0.717, 1.165) is 87.5 Å². The van der Waals surface area contributed by atoms with Crippen LogP contribution in [0.3, 0.4) is 0 Å². The Morgan fingerprint density at radius 1 is 0.354 bits per heavy atom. The fourth-order valence-corrected chi connectivity index (χ4v) is 10.4. The van der Waals surface area contributed by atoms with Crippen LogP contribution in [0.25, 0.3) is 75.6 Å². The van der Waals surface area contributed by atoms with Crippen LogP contribution >= 0.6 is 11.3 Å². The molecular weight excluding hydrogens is 817 g/mol. The highest BCUT2D eigenvalue weighted by molar-refractivity contribution is 7.25. The first-order valence-electron chi connectivity index (χ1n) is 21.6. The number of aromatic nitrogens is 6. The predicted molar refractivity (Wildman–Crippen MR) is 269 cm³/mol. The summed E-state index contributed by atoms with van der Waals surface area (Å²) in [5, 5.41) is 5.54. The van der Waals surface area contributed by atoms with Gasteiger partial charge in [-0.25, -0.2) is 19.9 Å². The summed E-state index contributed by atoms with van der Waals surface area (Å²) in [6.45, 7) is 0. The van der Waals surface area contributed by atoms with Crippen LogP contribution in [0.4, 0.5) is 34.5 Å². The van der Waals surface area contributed by atoms with Gasteiger partial charge in [0.1, 0.15) is 15.2 Å². The topological polar surface area (TPSA) is 67.9 Å². The molecule has 13 rings (SSSR count). The maximum absolute atomic E-state index is 5.34. The minimum atomic E-state index is 0.565. The lowest BCUT2D eigenvalue weighted by molar-refractivity contribution is 1.11. The van der Waals surface area contributed by atoms with Crippen LogP contribution in [-0.4, -0.2) is 29.1 Å². The molecule has 0 aliphatic carbocycles. The third kappa shape index (κ3) is 6.05. The Morgan fingerprint density at radius 3 is 1.40 bits per heavy atom. The van der Waals surface area contributed by atoms with Crippen molar-refractivity contribution in [3.8, 4) is 11.4 Å². The Morgan fingerprint density at radius 2 is 0.831 bits per heavy atom. The summed E-state index contributed by atoms with van der Waals surface area (Å²) in [4.78, 5) is 26.7. The molecule has 0 saturated carbocycles. The molecule has 0 fully saturated rings. The molecule has 0 aliphatic heterocycles. The maximum Gasteiger partial charge on any atom is 0.235 e. The lowest BCUT2D eigenvalue weighted by Crippen LogP contribution is -2.13. The van der Waals surface area contributed by atoms with Gasteiger partial charge in [-0.1, -0.05) is 121 Å². The Kier molecular flexibility index (Phi) is 8.53. The highest BCUT2D eigenvalue weighted by Gasteiger charge is 2.23. The van der Waals surface area contributed by atoms with Crippen molar-refractivity contribution in [3.63, 3.8) is 0 Å². The molecule has 0 saturated heterocycles. The van der Waals surface area contributed by atoms with Crippen molar-refractivity contribution in [1.29, 1.82) is 0 Å². The second-order valence-corrected chi connectivity index (χ2v) is 17.0. The second-order valence-electron chi connectivity index (χ2n) is 16.0. The van der Waals surface area contributed by atoms with E-state index in [1.807, 2.05) is 36.7 Å². The molecule has 0 bridgehead atoms. The van der Waals surface area contributed by atoms with Gasteiger partial charge in [-0.2, -0.15) is 0 Å². The van der Waals surface area contributed by atoms with Gasteiger partial charge in [0.2, 0.25) is 5.95 Å². The molecule has 0 unspecified atom stereocenters. The van der Waals surface area contributed by atoms with Gasteiger partial charge < -0.3 is 9.13 Å². The van der Waals surface area contributed by atoms with E-state index in [-0.39, 0.29) is 0 Å². The highest BCUT2D eigenvalue weighted by atomic mass is 32.1. The number of benzene rings is 8. The molecule has 0 N–H and O–H groups in total. The molecule has 13 aromatic rings. The fourth-order valence-electron chi connectivity index (χ4n) is 9.38. The van der Waals surface area contributed by atoms with Gasteiger partial charge in [0.25, 0.3) is 0 Å². The van der Waals surface area contributed by atoms with E-state index >= 15 is 0 Å². The Hall–Kier alpha value is -8.66. The van der Waals surface area contributed by atoms with E-state index in [1.165, 1.54) is 22.1 Å². The van der Waals surface area contributed by atoms with Crippen molar-refractivity contribution in [1.82, 2.24) is 29.1 Å². The quantitative estimate of drug-likeness (QED) is 0.152. The van der Waals surface area contributed by atoms with Crippen molar-refractivity contribution in [2.75, 3.05) is 9.80 Å².